The Labute approximate surface area is 163 Å². The third kappa shape index (κ3) is 5.45. The van der Waals surface area contributed by atoms with Crippen LogP contribution in [-0.4, -0.2) is 55.5 Å². The highest BCUT2D eigenvalue weighted by Gasteiger charge is 2.29. The van der Waals surface area contributed by atoms with Gasteiger partial charge in [-0.15, -0.1) is 0 Å². The van der Waals surface area contributed by atoms with Crippen molar-refractivity contribution in [2.75, 3.05) is 31.6 Å². The van der Waals surface area contributed by atoms with Crippen LogP contribution in [-0.2, 0) is 11.3 Å². The van der Waals surface area contributed by atoms with Gasteiger partial charge in [-0.3, -0.25) is 9.69 Å². The molecule has 6 nitrogen and oxygen atoms in total. The number of carbonyl (C=O) groups is 1. The number of amides is 1. The van der Waals surface area contributed by atoms with Gasteiger partial charge >= 0.3 is 0 Å². The Balaban J connectivity index is 1.53. The SMILES string of the molecule is CCNC(=NCc1ccc(N2CCCC2=O)cc1)NCC(C)N(C)C1CC1. The maximum atomic E-state index is 11.9. The number of nitrogens with zero attached hydrogens (tertiary/aromatic N) is 3. The van der Waals surface area contributed by atoms with Gasteiger partial charge in [-0.2, -0.15) is 0 Å². The van der Waals surface area contributed by atoms with Gasteiger partial charge in [0.05, 0.1) is 6.54 Å². The summed E-state index contributed by atoms with van der Waals surface area (Å²) in [6, 6.07) is 9.44. The molecule has 3 rings (SSSR count). The second-order valence-corrected chi connectivity index (χ2v) is 7.64. The monoisotopic (exact) mass is 371 g/mol. The van der Waals surface area contributed by atoms with Crippen molar-refractivity contribution in [1.82, 2.24) is 15.5 Å². The predicted molar refractivity (Wildman–Crippen MR) is 111 cm³/mol. The minimum Gasteiger partial charge on any atom is -0.357 e. The van der Waals surface area contributed by atoms with Crippen LogP contribution in [0.5, 0.6) is 0 Å². The van der Waals surface area contributed by atoms with Crippen LogP contribution in [0.25, 0.3) is 0 Å². The van der Waals surface area contributed by atoms with Gasteiger partial charge in [0.25, 0.3) is 0 Å². The number of benzene rings is 1. The van der Waals surface area contributed by atoms with Gasteiger partial charge < -0.3 is 15.5 Å². The Hall–Kier alpha value is -2.08. The topological polar surface area (TPSA) is 60.0 Å². The van der Waals surface area contributed by atoms with E-state index in [-0.39, 0.29) is 5.91 Å². The minimum absolute atomic E-state index is 0.227. The van der Waals surface area contributed by atoms with E-state index in [1.165, 1.54) is 12.8 Å². The minimum atomic E-state index is 0.227. The van der Waals surface area contributed by atoms with Crippen molar-refractivity contribution < 1.29 is 4.79 Å². The molecule has 1 amide bonds. The van der Waals surface area contributed by atoms with Gasteiger partial charge in [0.2, 0.25) is 5.91 Å². The smallest absolute Gasteiger partial charge is 0.227 e. The summed E-state index contributed by atoms with van der Waals surface area (Å²) in [4.78, 5) is 20.9. The summed E-state index contributed by atoms with van der Waals surface area (Å²) in [7, 11) is 2.21. The van der Waals surface area contributed by atoms with E-state index < -0.39 is 0 Å². The molecule has 27 heavy (non-hydrogen) atoms. The van der Waals surface area contributed by atoms with Crippen LogP contribution in [0.4, 0.5) is 5.69 Å². The summed E-state index contributed by atoms with van der Waals surface area (Å²) in [6.07, 6.45) is 4.27. The summed E-state index contributed by atoms with van der Waals surface area (Å²) in [5, 5.41) is 6.78. The Bertz CT molecular complexity index is 653. The maximum Gasteiger partial charge on any atom is 0.227 e. The lowest BCUT2D eigenvalue weighted by Crippen LogP contribution is -2.45. The fourth-order valence-electron chi connectivity index (χ4n) is 3.44. The van der Waals surface area contributed by atoms with Gasteiger partial charge in [0, 0.05) is 43.8 Å². The molecule has 1 saturated carbocycles. The van der Waals surface area contributed by atoms with Crippen molar-refractivity contribution in [2.24, 2.45) is 4.99 Å². The van der Waals surface area contributed by atoms with Crippen LogP contribution in [0, 0.1) is 0 Å². The Morgan fingerprint density at radius 1 is 1.30 bits per heavy atom. The number of guanidine groups is 1. The van der Waals surface area contributed by atoms with Gasteiger partial charge in [-0.25, -0.2) is 4.99 Å². The number of nitrogens with one attached hydrogen (secondary N) is 2. The van der Waals surface area contributed by atoms with Crippen LogP contribution in [0.2, 0.25) is 0 Å². The van der Waals surface area contributed by atoms with Crippen molar-refractivity contribution in [2.45, 2.75) is 58.2 Å². The molecule has 148 valence electrons. The molecule has 1 aromatic carbocycles. The van der Waals surface area contributed by atoms with Crippen LogP contribution < -0.4 is 15.5 Å². The van der Waals surface area contributed by atoms with Crippen LogP contribution in [0.1, 0.15) is 45.1 Å². The molecule has 1 aliphatic heterocycles. The summed E-state index contributed by atoms with van der Waals surface area (Å²) >= 11 is 0. The molecule has 0 radical (unpaired) electrons. The van der Waals surface area contributed by atoms with E-state index in [1.54, 1.807) is 0 Å². The Kier molecular flexibility index (Phi) is 6.72. The van der Waals surface area contributed by atoms with Crippen molar-refractivity contribution in [1.29, 1.82) is 0 Å². The number of hydrogen-bond donors (Lipinski definition) is 2. The first-order valence-electron chi connectivity index (χ1n) is 10.2. The molecule has 0 bridgehead atoms. The van der Waals surface area contributed by atoms with Crippen molar-refractivity contribution in [3.8, 4) is 0 Å². The van der Waals surface area contributed by atoms with Gasteiger partial charge in [-0.05, 0) is 57.9 Å². The summed E-state index contributed by atoms with van der Waals surface area (Å²) in [5.41, 5.74) is 2.14. The van der Waals surface area contributed by atoms with Crippen molar-refractivity contribution >= 4 is 17.6 Å². The fraction of sp³-hybridized carbons (Fsp3) is 0.619. The molecule has 1 heterocycles. The first-order valence-corrected chi connectivity index (χ1v) is 10.2. The van der Waals surface area contributed by atoms with E-state index in [0.29, 0.717) is 19.0 Å². The Morgan fingerprint density at radius 2 is 2.04 bits per heavy atom. The largest absolute Gasteiger partial charge is 0.357 e. The molecular weight excluding hydrogens is 338 g/mol. The van der Waals surface area contributed by atoms with E-state index in [9.17, 15) is 4.79 Å². The van der Waals surface area contributed by atoms with Crippen LogP contribution in [0.15, 0.2) is 29.3 Å². The lowest BCUT2D eigenvalue weighted by Gasteiger charge is -2.25. The normalized spacial score (nSPS) is 18.9. The third-order valence-corrected chi connectivity index (χ3v) is 5.47. The number of likely N-dealkylation sites (N-methyl/N-ethyl adjacent to an activating group) is 1. The molecule has 1 aliphatic carbocycles. The first kappa shape index (κ1) is 19.7. The zero-order valence-corrected chi connectivity index (χ0v) is 16.9. The molecule has 0 aromatic heterocycles. The standard InChI is InChI=1S/C21H33N5O/c1-4-22-21(23-14-16(2)25(3)18-11-12-18)24-15-17-7-9-19(10-8-17)26-13-5-6-20(26)27/h7-10,16,18H,4-6,11-15H2,1-3H3,(H2,22,23,24). The average molecular weight is 372 g/mol. The Morgan fingerprint density at radius 3 is 2.63 bits per heavy atom. The van der Waals surface area contributed by atoms with Gasteiger partial charge in [0.1, 0.15) is 0 Å². The van der Waals surface area contributed by atoms with E-state index in [0.717, 1.165) is 49.3 Å². The van der Waals surface area contributed by atoms with Crippen molar-refractivity contribution in [3.05, 3.63) is 29.8 Å². The van der Waals surface area contributed by atoms with E-state index >= 15 is 0 Å². The molecule has 2 N–H and O–H groups in total. The van der Waals surface area contributed by atoms with Crippen molar-refractivity contribution in [3.63, 3.8) is 0 Å². The van der Waals surface area contributed by atoms with E-state index in [2.05, 4.69) is 48.6 Å². The predicted octanol–water partition coefficient (Wildman–Crippen LogP) is 2.35. The zero-order chi connectivity index (χ0) is 19.2. The molecule has 2 fully saturated rings. The number of hydrogen-bond acceptors (Lipinski definition) is 3. The molecular formula is C21H33N5O. The quantitative estimate of drug-likeness (QED) is 0.544. The number of aliphatic imine (C=N–C) groups is 1. The molecule has 6 heteroatoms. The van der Waals surface area contributed by atoms with Gasteiger partial charge in [0.15, 0.2) is 5.96 Å². The number of anilines is 1. The highest BCUT2D eigenvalue weighted by atomic mass is 16.2. The highest BCUT2D eigenvalue weighted by molar-refractivity contribution is 5.95. The number of rotatable bonds is 8. The van der Waals surface area contributed by atoms with Gasteiger partial charge in [-0.1, -0.05) is 12.1 Å². The molecule has 2 aliphatic rings. The third-order valence-electron chi connectivity index (χ3n) is 5.47. The molecule has 0 spiro atoms. The fourth-order valence-corrected chi connectivity index (χ4v) is 3.44. The summed E-state index contributed by atoms with van der Waals surface area (Å²) in [5.74, 6) is 1.08. The lowest BCUT2D eigenvalue weighted by molar-refractivity contribution is -0.117. The second-order valence-electron chi connectivity index (χ2n) is 7.64. The highest BCUT2D eigenvalue weighted by Crippen LogP contribution is 2.26. The molecule has 1 saturated heterocycles. The van der Waals surface area contributed by atoms with Crippen LogP contribution >= 0.6 is 0 Å². The van der Waals surface area contributed by atoms with Crippen LogP contribution in [0.3, 0.4) is 0 Å². The zero-order valence-electron chi connectivity index (χ0n) is 16.9. The lowest BCUT2D eigenvalue weighted by atomic mass is 10.2. The molecule has 1 aromatic rings. The average Bonchev–Trinajstić information content (AvgIpc) is 3.44. The van der Waals surface area contributed by atoms with E-state index in [1.807, 2.05) is 17.0 Å². The second kappa shape index (κ2) is 9.22. The summed E-state index contributed by atoms with van der Waals surface area (Å²) < 4.78 is 0. The number of carbonyl (C=O) groups excluding carboxylic acids is 1. The maximum absolute atomic E-state index is 11.9. The van der Waals surface area contributed by atoms with E-state index in [4.69, 9.17) is 4.99 Å². The molecule has 1 unspecified atom stereocenters. The summed E-state index contributed by atoms with van der Waals surface area (Å²) in [6.45, 7) is 7.52. The first-order chi connectivity index (χ1) is 13.1. The molecule has 1 atom stereocenters.